The number of piperazine rings is 1. The van der Waals surface area contributed by atoms with Gasteiger partial charge in [-0.3, -0.25) is 24.6 Å². The predicted molar refractivity (Wildman–Crippen MR) is 104 cm³/mol. The van der Waals surface area contributed by atoms with Gasteiger partial charge in [0.1, 0.15) is 11.3 Å². The van der Waals surface area contributed by atoms with Crippen molar-refractivity contribution in [2.45, 2.75) is 6.54 Å². The number of rotatable bonds is 4. The smallest absolute Gasteiger partial charge is 0.289 e. The zero-order valence-electron chi connectivity index (χ0n) is 15.4. The van der Waals surface area contributed by atoms with Crippen molar-refractivity contribution >= 4 is 35.1 Å². The molecule has 29 heavy (non-hydrogen) atoms. The first-order valence-electron chi connectivity index (χ1n) is 9.01. The van der Waals surface area contributed by atoms with E-state index in [1.807, 2.05) is 4.90 Å². The highest BCUT2D eigenvalue weighted by Crippen LogP contribution is 2.16. The molecule has 2 aliphatic rings. The maximum absolute atomic E-state index is 12.8. The van der Waals surface area contributed by atoms with Crippen LogP contribution in [0.5, 0.6) is 0 Å². The Balaban J connectivity index is 1.43. The number of hydrogen-bond donors (Lipinski definition) is 1. The van der Waals surface area contributed by atoms with Crippen LogP contribution in [-0.2, 0) is 16.1 Å². The molecular weight excluding hydrogens is 396 g/mol. The number of nitrogens with one attached hydrogen (secondary N) is 1. The molecule has 9 nitrogen and oxygen atoms in total. The molecule has 0 aliphatic carbocycles. The zero-order valence-corrected chi connectivity index (χ0v) is 16.2. The fourth-order valence-electron chi connectivity index (χ4n) is 3.18. The van der Waals surface area contributed by atoms with Crippen molar-refractivity contribution in [1.82, 2.24) is 20.0 Å². The van der Waals surface area contributed by atoms with Crippen LogP contribution in [0, 0.1) is 0 Å². The van der Waals surface area contributed by atoms with Crippen molar-refractivity contribution in [3.8, 4) is 0 Å². The molecule has 0 unspecified atom stereocenters. The second kappa shape index (κ2) is 7.92. The van der Waals surface area contributed by atoms with Crippen molar-refractivity contribution in [3.63, 3.8) is 0 Å². The highest BCUT2D eigenvalue weighted by Gasteiger charge is 2.35. The molecule has 1 N–H and O–H groups in total. The van der Waals surface area contributed by atoms with Crippen LogP contribution >= 0.6 is 12.2 Å². The van der Waals surface area contributed by atoms with E-state index >= 15 is 0 Å². The van der Waals surface area contributed by atoms with E-state index in [9.17, 15) is 14.4 Å². The minimum atomic E-state index is -0.537. The third-order valence-electron chi connectivity index (χ3n) is 4.72. The number of hydrogen-bond acceptors (Lipinski definition) is 7. The molecule has 3 amide bonds. The molecular formula is C19H18N4O5S. The average Bonchev–Trinajstić information content (AvgIpc) is 3.42. The van der Waals surface area contributed by atoms with Crippen LogP contribution in [0.2, 0.25) is 0 Å². The maximum atomic E-state index is 12.8. The summed E-state index contributed by atoms with van der Waals surface area (Å²) < 4.78 is 10.4. The van der Waals surface area contributed by atoms with Gasteiger partial charge >= 0.3 is 0 Å². The van der Waals surface area contributed by atoms with Crippen molar-refractivity contribution in [2.75, 3.05) is 26.2 Å². The van der Waals surface area contributed by atoms with E-state index < -0.39 is 11.8 Å². The van der Waals surface area contributed by atoms with Crippen molar-refractivity contribution < 1.29 is 23.2 Å². The highest BCUT2D eigenvalue weighted by molar-refractivity contribution is 7.80. The minimum Gasteiger partial charge on any atom is -0.467 e. The molecule has 4 heterocycles. The average molecular weight is 414 g/mol. The van der Waals surface area contributed by atoms with Gasteiger partial charge in [0.2, 0.25) is 0 Å². The van der Waals surface area contributed by atoms with Gasteiger partial charge in [-0.15, -0.1) is 0 Å². The molecule has 0 radical (unpaired) electrons. The molecule has 0 aromatic carbocycles. The summed E-state index contributed by atoms with van der Waals surface area (Å²) in [5.74, 6) is -0.347. The Kier molecular flexibility index (Phi) is 5.17. The molecule has 2 saturated heterocycles. The number of furan rings is 2. The Morgan fingerprint density at radius 1 is 1.10 bits per heavy atom. The van der Waals surface area contributed by atoms with Gasteiger partial charge in [0.05, 0.1) is 19.1 Å². The minimum absolute atomic E-state index is 0.00373. The molecule has 4 rings (SSSR count). The lowest BCUT2D eigenvalue weighted by Gasteiger charge is -2.35. The van der Waals surface area contributed by atoms with Crippen LogP contribution in [0.4, 0.5) is 0 Å². The summed E-state index contributed by atoms with van der Waals surface area (Å²) in [6.45, 7) is 2.01. The number of amides is 3. The number of nitrogens with zero attached hydrogens (tertiary/aromatic N) is 3. The molecule has 0 atom stereocenters. The summed E-state index contributed by atoms with van der Waals surface area (Å²) in [5.41, 5.74) is -0.00373. The molecule has 2 aromatic rings. The third kappa shape index (κ3) is 3.92. The first-order valence-corrected chi connectivity index (χ1v) is 9.42. The fourth-order valence-corrected chi connectivity index (χ4v) is 3.42. The molecule has 0 bridgehead atoms. The van der Waals surface area contributed by atoms with Crippen LogP contribution in [0.1, 0.15) is 16.3 Å². The predicted octanol–water partition coefficient (Wildman–Crippen LogP) is 0.958. The van der Waals surface area contributed by atoms with Crippen molar-refractivity contribution in [1.29, 1.82) is 0 Å². The lowest BCUT2D eigenvalue weighted by molar-refractivity contribution is -0.129. The molecule has 0 saturated carbocycles. The Hall–Kier alpha value is -3.40. The lowest BCUT2D eigenvalue weighted by Crippen LogP contribution is -2.54. The van der Waals surface area contributed by atoms with Crippen molar-refractivity contribution in [2.24, 2.45) is 0 Å². The van der Waals surface area contributed by atoms with E-state index in [-0.39, 0.29) is 23.1 Å². The van der Waals surface area contributed by atoms with Crippen LogP contribution in [-0.4, -0.2) is 63.7 Å². The van der Waals surface area contributed by atoms with Gasteiger partial charge in [-0.1, -0.05) is 0 Å². The van der Waals surface area contributed by atoms with E-state index in [2.05, 4.69) is 5.32 Å². The molecule has 2 aliphatic heterocycles. The second-order valence-corrected chi connectivity index (χ2v) is 6.96. The van der Waals surface area contributed by atoms with Gasteiger partial charge in [0, 0.05) is 32.4 Å². The standard InChI is InChI=1S/C19H18N4O5S/c24-16-14(17(25)23(19(29)20-16)11-13-3-1-9-27-13)12-21-5-7-22(8-6-21)18(26)15-4-2-10-28-15/h1-4,9-10,12H,5-8,11H2,(H,20,24,29)/b14-12+. The van der Waals surface area contributed by atoms with E-state index in [1.165, 1.54) is 23.6 Å². The number of thiocarbonyl (C=S) groups is 1. The Morgan fingerprint density at radius 3 is 2.48 bits per heavy atom. The molecule has 2 aromatic heterocycles. The summed E-state index contributed by atoms with van der Waals surface area (Å²) in [7, 11) is 0. The molecule has 2 fully saturated rings. The Labute approximate surface area is 171 Å². The molecule has 10 heteroatoms. The highest BCUT2D eigenvalue weighted by atomic mass is 32.1. The van der Waals surface area contributed by atoms with Crippen LogP contribution in [0.15, 0.2) is 57.4 Å². The second-order valence-electron chi connectivity index (χ2n) is 6.58. The lowest BCUT2D eigenvalue weighted by atomic mass is 10.1. The van der Waals surface area contributed by atoms with Crippen molar-refractivity contribution in [3.05, 3.63) is 60.1 Å². The number of carbonyl (C=O) groups is 3. The van der Waals surface area contributed by atoms with Crippen LogP contribution in [0.3, 0.4) is 0 Å². The summed E-state index contributed by atoms with van der Waals surface area (Å²) in [6, 6.07) is 6.73. The number of carbonyl (C=O) groups excluding carboxylic acids is 3. The summed E-state index contributed by atoms with van der Waals surface area (Å²) >= 11 is 5.13. The van der Waals surface area contributed by atoms with E-state index in [0.717, 1.165) is 0 Å². The molecule has 0 spiro atoms. The third-order valence-corrected chi connectivity index (χ3v) is 5.05. The normalized spacial score (nSPS) is 19.1. The van der Waals surface area contributed by atoms with E-state index in [1.54, 1.807) is 29.2 Å². The Bertz CT molecular complexity index is 959. The van der Waals surface area contributed by atoms with Crippen LogP contribution < -0.4 is 5.32 Å². The first kappa shape index (κ1) is 18.9. The topological polar surface area (TPSA) is 99.2 Å². The summed E-state index contributed by atoms with van der Waals surface area (Å²) in [6.07, 6.45) is 4.50. The molecule has 150 valence electrons. The SMILES string of the molecule is O=C1NC(=S)N(Cc2ccco2)C(=O)/C1=C/N1CCN(C(=O)c2ccco2)CC1. The largest absolute Gasteiger partial charge is 0.467 e. The van der Waals surface area contributed by atoms with Crippen LogP contribution in [0.25, 0.3) is 0 Å². The van der Waals surface area contributed by atoms with Gasteiger partial charge < -0.3 is 18.6 Å². The van der Waals surface area contributed by atoms with Gasteiger partial charge in [0.25, 0.3) is 17.7 Å². The summed E-state index contributed by atoms with van der Waals surface area (Å²) in [4.78, 5) is 42.3. The van der Waals surface area contributed by atoms with E-state index in [0.29, 0.717) is 37.7 Å². The quantitative estimate of drug-likeness (QED) is 0.452. The van der Waals surface area contributed by atoms with Gasteiger partial charge in [-0.25, -0.2) is 0 Å². The zero-order chi connectivity index (χ0) is 20.4. The Morgan fingerprint density at radius 2 is 1.83 bits per heavy atom. The monoisotopic (exact) mass is 414 g/mol. The van der Waals surface area contributed by atoms with Gasteiger partial charge in [-0.05, 0) is 36.5 Å². The van der Waals surface area contributed by atoms with Gasteiger partial charge in [0.15, 0.2) is 10.9 Å². The van der Waals surface area contributed by atoms with Gasteiger partial charge in [-0.2, -0.15) is 0 Å². The fraction of sp³-hybridized carbons (Fsp3) is 0.263. The maximum Gasteiger partial charge on any atom is 0.289 e. The summed E-state index contributed by atoms with van der Waals surface area (Å²) in [5, 5.41) is 2.59. The first-order chi connectivity index (χ1) is 14.0. The van der Waals surface area contributed by atoms with E-state index in [4.69, 9.17) is 21.1 Å².